The Morgan fingerprint density at radius 3 is 2.43 bits per heavy atom. The van der Waals surface area contributed by atoms with Gasteiger partial charge in [0.15, 0.2) is 0 Å². The predicted octanol–water partition coefficient (Wildman–Crippen LogP) is 3.56. The Morgan fingerprint density at radius 2 is 1.67 bits per heavy atom. The number of tetrazole rings is 1. The summed E-state index contributed by atoms with van der Waals surface area (Å²) in [4.78, 5) is 58.7. The molecule has 2 aliphatic heterocycles. The lowest BCUT2D eigenvalue weighted by Gasteiger charge is -2.30. The van der Waals surface area contributed by atoms with Crippen LogP contribution in [0.2, 0.25) is 0 Å². The summed E-state index contributed by atoms with van der Waals surface area (Å²) in [5, 5.41) is 18.8. The molecule has 4 aliphatic rings. The van der Waals surface area contributed by atoms with Gasteiger partial charge >= 0.3 is 6.09 Å². The van der Waals surface area contributed by atoms with E-state index in [1.165, 1.54) is 9.70 Å². The number of sulfonamides is 1. The zero-order chi connectivity index (χ0) is 37.7. The van der Waals surface area contributed by atoms with Gasteiger partial charge in [0, 0.05) is 24.4 Å². The predicted molar refractivity (Wildman–Crippen MR) is 196 cm³/mol. The monoisotopic (exact) mass is 758 g/mol. The van der Waals surface area contributed by atoms with Crippen molar-refractivity contribution in [2.24, 2.45) is 5.92 Å². The van der Waals surface area contributed by atoms with Crippen LogP contribution in [0.4, 0.5) is 4.79 Å². The van der Waals surface area contributed by atoms with E-state index < -0.39 is 69.2 Å². The maximum absolute atomic E-state index is 14.5. The number of hydrogen-bond acceptors (Lipinski definition) is 10. The van der Waals surface area contributed by atoms with Crippen molar-refractivity contribution in [2.45, 2.75) is 106 Å². The van der Waals surface area contributed by atoms with E-state index >= 15 is 0 Å². The number of amides is 4. The third-order valence-electron chi connectivity index (χ3n) is 10.8. The smallest absolute Gasteiger partial charge is 0.408 e. The molecule has 0 spiro atoms. The third kappa shape index (κ3) is 8.64. The number of aromatic nitrogens is 4. The lowest BCUT2D eigenvalue weighted by atomic mass is 10.0. The van der Waals surface area contributed by atoms with Gasteiger partial charge in [-0.05, 0) is 62.1 Å². The second-order valence-corrected chi connectivity index (χ2v) is 16.4. The van der Waals surface area contributed by atoms with Gasteiger partial charge in [0.25, 0.3) is 5.91 Å². The van der Waals surface area contributed by atoms with E-state index in [1.807, 2.05) is 42.5 Å². The van der Waals surface area contributed by atoms with E-state index in [0.717, 1.165) is 44.1 Å². The average Bonchev–Trinajstić information content (AvgIpc) is 3.63. The minimum Gasteiger partial charge on any atom is -0.446 e. The molecule has 4 amide bonds. The number of ether oxygens (including phenoxy) is 1. The summed E-state index contributed by atoms with van der Waals surface area (Å²) in [6, 6.07) is 15.2. The molecule has 2 aromatic carbocycles. The Morgan fingerprint density at radius 1 is 0.944 bits per heavy atom. The van der Waals surface area contributed by atoms with Crippen LogP contribution >= 0.6 is 0 Å². The highest BCUT2D eigenvalue weighted by Crippen LogP contribution is 2.46. The fourth-order valence-corrected chi connectivity index (χ4v) is 8.91. The number of benzene rings is 2. The molecule has 0 radical (unpaired) electrons. The van der Waals surface area contributed by atoms with Crippen molar-refractivity contribution in [2.75, 3.05) is 6.54 Å². The van der Waals surface area contributed by atoms with E-state index in [9.17, 15) is 27.6 Å². The van der Waals surface area contributed by atoms with Crippen molar-refractivity contribution in [1.29, 1.82) is 0 Å². The number of carbonyl (C=O) groups excluding carboxylic acids is 4. The van der Waals surface area contributed by atoms with Crippen LogP contribution in [0.3, 0.4) is 0 Å². The first-order chi connectivity index (χ1) is 26.1. The van der Waals surface area contributed by atoms with E-state index in [2.05, 4.69) is 30.8 Å². The van der Waals surface area contributed by atoms with Crippen molar-refractivity contribution < 1.29 is 32.3 Å². The molecule has 0 bridgehead atoms. The molecular formula is C38H46N8O7S. The number of rotatable bonds is 8. The number of allylic oxidation sites excluding steroid dienone is 1. The second-order valence-electron chi connectivity index (χ2n) is 14.7. The molecule has 3 fully saturated rings. The molecule has 3 heterocycles. The van der Waals surface area contributed by atoms with Gasteiger partial charge < -0.3 is 20.3 Å². The molecule has 1 saturated heterocycles. The van der Waals surface area contributed by atoms with Crippen molar-refractivity contribution in [3.05, 3.63) is 78.4 Å². The fourth-order valence-electron chi connectivity index (χ4n) is 7.74. The van der Waals surface area contributed by atoms with Crippen molar-refractivity contribution in [3.8, 4) is 11.4 Å². The van der Waals surface area contributed by atoms with Gasteiger partial charge in [-0.3, -0.25) is 19.1 Å². The number of fused-ring (bicyclic) bond motifs is 2. The van der Waals surface area contributed by atoms with E-state index in [4.69, 9.17) is 4.74 Å². The van der Waals surface area contributed by atoms with Gasteiger partial charge in [-0.2, -0.15) is 4.80 Å². The summed E-state index contributed by atoms with van der Waals surface area (Å²) < 4.78 is 34.2. The Labute approximate surface area is 314 Å². The molecule has 16 heteroatoms. The molecule has 15 nitrogen and oxygen atoms in total. The average molecular weight is 759 g/mol. The fraction of sp³-hybridized carbons (Fsp3) is 0.500. The Hall–Kier alpha value is -5.12. The summed E-state index contributed by atoms with van der Waals surface area (Å²) in [5.74, 6) is -2.41. The van der Waals surface area contributed by atoms with Crippen molar-refractivity contribution >= 4 is 33.8 Å². The molecule has 5 atom stereocenters. The highest BCUT2D eigenvalue weighted by atomic mass is 32.2. The maximum Gasteiger partial charge on any atom is 0.408 e. The van der Waals surface area contributed by atoms with Crippen LogP contribution in [0.25, 0.3) is 11.4 Å². The molecular weight excluding hydrogens is 713 g/mol. The summed E-state index contributed by atoms with van der Waals surface area (Å²) in [6.07, 6.45) is 9.95. The number of nitrogens with one attached hydrogen (secondary N) is 3. The van der Waals surface area contributed by atoms with Gasteiger partial charge in [0.2, 0.25) is 27.7 Å². The molecule has 1 unspecified atom stereocenters. The summed E-state index contributed by atoms with van der Waals surface area (Å²) in [7, 11) is -4.12. The molecule has 3 N–H and O–H groups in total. The number of hydrogen-bond donors (Lipinski definition) is 3. The molecule has 54 heavy (non-hydrogen) atoms. The molecule has 1 aromatic heterocycles. The Kier molecular flexibility index (Phi) is 11.1. The van der Waals surface area contributed by atoms with Gasteiger partial charge in [-0.25, -0.2) is 13.2 Å². The maximum atomic E-state index is 14.5. The molecule has 2 saturated carbocycles. The molecule has 7 rings (SSSR count). The van der Waals surface area contributed by atoms with Crippen LogP contribution in [0.15, 0.2) is 72.8 Å². The first kappa shape index (κ1) is 37.2. The first-order valence-corrected chi connectivity index (χ1v) is 20.5. The van der Waals surface area contributed by atoms with Crippen LogP contribution in [0.5, 0.6) is 0 Å². The highest BCUT2D eigenvalue weighted by molar-refractivity contribution is 7.89. The number of nitrogens with zero attached hydrogens (tertiary/aromatic N) is 5. The van der Waals surface area contributed by atoms with E-state index in [1.54, 1.807) is 30.3 Å². The van der Waals surface area contributed by atoms with Gasteiger partial charge in [0.1, 0.15) is 23.7 Å². The lowest BCUT2D eigenvalue weighted by molar-refractivity contribution is -0.141. The number of carbonyl (C=O) groups is 4. The zero-order valence-corrected chi connectivity index (χ0v) is 30.8. The van der Waals surface area contributed by atoms with E-state index in [0.29, 0.717) is 30.7 Å². The summed E-state index contributed by atoms with van der Waals surface area (Å²) in [5.41, 5.74) is -0.287. The van der Waals surface area contributed by atoms with Crippen LogP contribution < -0.4 is 15.4 Å². The largest absolute Gasteiger partial charge is 0.446 e. The van der Waals surface area contributed by atoms with Gasteiger partial charge in [-0.1, -0.05) is 85.7 Å². The molecule has 2 aliphatic carbocycles. The zero-order valence-electron chi connectivity index (χ0n) is 30.0. The standard InChI is InChI=1S/C38H46N8O7S/c47-34-32-22-29(46-42-33(41-44-46)27-16-8-5-9-17-27)24-45(32)35(48)31(39-37(50)53-30-19-12-13-20-30)21-11-3-1-2-10-18-28-23-38(28,40-34)36(49)43-54(51,52)25-26-14-6-4-7-15-26/h4-10,14-18,28-32H,1-3,11-13,19-25H2,(H,39,50)(H,40,47)(H,43,49)/b18-10-/t28?,29-,31+,32+,38-/m1/s1. The SMILES string of the molecule is O=C(N[C@H]1CCCCC/C=C\C2C[C@@]2(C(=O)NS(=O)(=O)Cc2ccccc2)NC(=O)[C@@H]2C[C@@H](n3nnc(-c4ccccc4)n3)CN2C1=O)OC1CCCC1. The molecule has 286 valence electrons. The molecule has 3 aromatic rings. The number of alkyl carbamates (subject to hydrolysis) is 1. The van der Waals surface area contributed by atoms with Crippen molar-refractivity contribution in [1.82, 2.24) is 40.5 Å². The Balaban J connectivity index is 1.16. The van der Waals surface area contributed by atoms with Crippen molar-refractivity contribution in [3.63, 3.8) is 0 Å². The minimum atomic E-state index is -4.12. The topological polar surface area (TPSA) is 195 Å². The van der Waals surface area contributed by atoms with Crippen LogP contribution in [0.1, 0.15) is 82.2 Å². The first-order valence-electron chi connectivity index (χ1n) is 18.8. The lowest BCUT2D eigenvalue weighted by Crippen LogP contribution is -2.58. The van der Waals surface area contributed by atoms with E-state index in [-0.39, 0.29) is 25.5 Å². The summed E-state index contributed by atoms with van der Waals surface area (Å²) >= 11 is 0. The normalized spacial score (nSPS) is 27.1. The van der Waals surface area contributed by atoms with Crippen LogP contribution in [-0.2, 0) is 34.9 Å². The van der Waals surface area contributed by atoms with Crippen LogP contribution in [0, 0.1) is 5.92 Å². The summed E-state index contributed by atoms with van der Waals surface area (Å²) in [6.45, 7) is 0.0331. The highest BCUT2D eigenvalue weighted by Gasteiger charge is 2.61. The quantitative estimate of drug-likeness (QED) is 0.286. The second kappa shape index (κ2) is 16.1. The van der Waals surface area contributed by atoms with Gasteiger partial charge in [0.05, 0.1) is 11.8 Å². The van der Waals surface area contributed by atoms with Crippen LogP contribution in [-0.4, -0.2) is 87.6 Å². The third-order valence-corrected chi connectivity index (χ3v) is 12.0. The Bertz CT molecular complexity index is 1970. The minimum absolute atomic E-state index is 0.0331. The van der Waals surface area contributed by atoms with Gasteiger partial charge in [-0.15, -0.1) is 10.2 Å².